The van der Waals surface area contributed by atoms with Crippen molar-refractivity contribution >= 4 is 16.8 Å². The zero-order valence-electron chi connectivity index (χ0n) is 18.2. The molecule has 1 spiro atoms. The van der Waals surface area contributed by atoms with Crippen molar-refractivity contribution in [1.29, 1.82) is 0 Å². The SMILES string of the molecule is COc1ccc2[nH]c3c(c2c1)CCN(C)C31CCN(C(=O)c2cc(C)nn2C)CC1. The number of nitrogens with one attached hydrogen (secondary N) is 1. The number of likely N-dealkylation sites (tertiary alicyclic amines) is 1. The molecule has 0 radical (unpaired) electrons. The molecule has 0 aliphatic carbocycles. The lowest BCUT2D eigenvalue weighted by molar-refractivity contribution is 0.0226. The first-order chi connectivity index (χ1) is 14.4. The van der Waals surface area contributed by atoms with Crippen LogP contribution in [0.1, 0.15) is 40.3 Å². The van der Waals surface area contributed by atoms with E-state index in [4.69, 9.17) is 4.74 Å². The van der Waals surface area contributed by atoms with Crippen molar-refractivity contribution in [3.05, 3.63) is 46.9 Å². The molecule has 5 rings (SSSR count). The number of fused-ring (bicyclic) bond motifs is 4. The molecule has 7 nitrogen and oxygen atoms in total. The van der Waals surface area contributed by atoms with Gasteiger partial charge in [-0.15, -0.1) is 0 Å². The average molecular weight is 408 g/mol. The molecule has 0 atom stereocenters. The van der Waals surface area contributed by atoms with Gasteiger partial charge in [-0.1, -0.05) is 0 Å². The van der Waals surface area contributed by atoms with Crippen LogP contribution in [0.4, 0.5) is 0 Å². The monoisotopic (exact) mass is 407 g/mol. The summed E-state index contributed by atoms with van der Waals surface area (Å²) in [4.78, 5) is 21.3. The van der Waals surface area contributed by atoms with Gasteiger partial charge in [-0.05, 0) is 63.1 Å². The number of amides is 1. The maximum Gasteiger partial charge on any atom is 0.272 e. The van der Waals surface area contributed by atoms with Gasteiger partial charge in [0.05, 0.1) is 18.3 Å². The Hall–Kier alpha value is -2.80. The Bertz CT molecular complexity index is 1120. The van der Waals surface area contributed by atoms with Crippen LogP contribution in [0, 0.1) is 6.92 Å². The molecule has 0 unspecified atom stereocenters. The van der Waals surface area contributed by atoms with E-state index in [0.717, 1.165) is 50.3 Å². The van der Waals surface area contributed by atoms with Crippen molar-refractivity contribution in [2.24, 2.45) is 7.05 Å². The molecule has 1 saturated heterocycles. The molecule has 1 N–H and O–H groups in total. The second kappa shape index (κ2) is 6.87. The molecule has 0 bridgehead atoms. The maximum absolute atomic E-state index is 13.1. The lowest BCUT2D eigenvalue weighted by Crippen LogP contribution is -2.55. The molecule has 2 aliphatic heterocycles. The first kappa shape index (κ1) is 19.2. The van der Waals surface area contributed by atoms with Gasteiger partial charge in [0.2, 0.25) is 0 Å². The highest BCUT2D eigenvalue weighted by Gasteiger charge is 2.45. The molecule has 4 heterocycles. The summed E-state index contributed by atoms with van der Waals surface area (Å²) in [6.07, 6.45) is 2.86. The first-order valence-corrected chi connectivity index (χ1v) is 10.6. The van der Waals surface area contributed by atoms with Crippen molar-refractivity contribution in [1.82, 2.24) is 24.6 Å². The fraction of sp³-hybridized carbons (Fsp3) is 0.478. The van der Waals surface area contributed by atoms with E-state index in [9.17, 15) is 4.79 Å². The molecule has 158 valence electrons. The van der Waals surface area contributed by atoms with E-state index in [0.29, 0.717) is 5.69 Å². The molecule has 1 aromatic carbocycles. The number of carbonyl (C=O) groups excluding carboxylic acids is 1. The summed E-state index contributed by atoms with van der Waals surface area (Å²) < 4.78 is 7.15. The predicted octanol–water partition coefficient (Wildman–Crippen LogP) is 2.84. The van der Waals surface area contributed by atoms with Crippen LogP contribution >= 0.6 is 0 Å². The van der Waals surface area contributed by atoms with Gasteiger partial charge in [0.1, 0.15) is 11.4 Å². The van der Waals surface area contributed by atoms with E-state index in [-0.39, 0.29) is 11.4 Å². The average Bonchev–Trinajstić information content (AvgIpc) is 3.30. The van der Waals surface area contributed by atoms with Crippen molar-refractivity contribution < 1.29 is 9.53 Å². The Balaban J connectivity index is 1.46. The fourth-order valence-electron chi connectivity index (χ4n) is 5.38. The molecule has 2 aliphatic rings. The molecule has 7 heteroatoms. The lowest BCUT2D eigenvalue weighted by atomic mass is 9.78. The smallest absolute Gasteiger partial charge is 0.272 e. The van der Waals surface area contributed by atoms with Gasteiger partial charge in [0, 0.05) is 43.3 Å². The van der Waals surface area contributed by atoms with Crippen LogP contribution in [0.25, 0.3) is 10.9 Å². The van der Waals surface area contributed by atoms with Crippen molar-refractivity contribution in [2.45, 2.75) is 31.7 Å². The van der Waals surface area contributed by atoms with E-state index in [1.165, 1.54) is 22.2 Å². The maximum atomic E-state index is 13.1. The van der Waals surface area contributed by atoms with Gasteiger partial charge < -0.3 is 14.6 Å². The number of aromatic amines is 1. The number of methoxy groups -OCH3 is 1. The topological polar surface area (TPSA) is 66.4 Å². The third kappa shape index (κ3) is 2.75. The Kier molecular flexibility index (Phi) is 4.39. The van der Waals surface area contributed by atoms with Gasteiger partial charge in [-0.3, -0.25) is 14.4 Å². The summed E-state index contributed by atoms with van der Waals surface area (Å²) >= 11 is 0. The zero-order valence-corrected chi connectivity index (χ0v) is 18.2. The van der Waals surface area contributed by atoms with Gasteiger partial charge in [-0.25, -0.2) is 0 Å². The van der Waals surface area contributed by atoms with Gasteiger partial charge in [0.15, 0.2) is 0 Å². The number of aromatic nitrogens is 3. The standard InChI is InChI=1S/C23H29N5O2/c1-15-13-20(27(3)25-15)22(29)28-11-8-23(9-12-28)21-17(7-10-26(23)2)18-14-16(30-4)5-6-19(18)24-21/h5-6,13-14,24H,7-12H2,1-4H3. The summed E-state index contributed by atoms with van der Waals surface area (Å²) in [6.45, 7) is 4.43. The van der Waals surface area contributed by atoms with E-state index in [2.05, 4.69) is 34.2 Å². The molecule has 2 aromatic heterocycles. The highest BCUT2D eigenvalue weighted by Crippen LogP contribution is 2.45. The number of aryl methyl sites for hydroxylation is 2. The summed E-state index contributed by atoms with van der Waals surface area (Å²) in [5.41, 5.74) is 5.38. The number of ether oxygens (including phenoxy) is 1. The summed E-state index contributed by atoms with van der Waals surface area (Å²) in [5.74, 6) is 0.970. The van der Waals surface area contributed by atoms with E-state index in [1.54, 1.807) is 11.8 Å². The van der Waals surface area contributed by atoms with Gasteiger partial charge in [-0.2, -0.15) is 5.10 Å². The largest absolute Gasteiger partial charge is 0.497 e. The quantitative estimate of drug-likeness (QED) is 0.709. The zero-order chi connectivity index (χ0) is 21.0. The number of benzene rings is 1. The molecule has 3 aromatic rings. The Morgan fingerprint density at radius 1 is 1.17 bits per heavy atom. The van der Waals surface area contributed by atoms with Crippen LogP contribution in [0.2, 0.25) is 0 Å². The Morgan fingerprint density at radius 2 is 1.93 bits per heavy atom. The minimum atomic E-state index is -0.0566. The lowest BCUT2D eigenvalue weighted by Gasteiger charge is -2.49. The molecule has 30 heavy (non-hydrogen) atoms. The van der Waals surface area contributed by atoms with E-state index in [1.807, 2.05) is 31.0 Å². The molecular formula is C23H29N5O2. The first-order valence-electron chi connectivity index (χ1n) is 10.6. The number of likely N-dealkylation sites (N-methyl/N-ethyl adjacent to an activating group) is 1. The summed E-state index contributed by atoms with van der Waals surface area (Å²) in [7, 11) is 5.77. The molecule has 1 fully saturated rings. The normalized spacial score (nSPS) is 18.7. The Labute approximate surface area is 176 Å². The number of nitrogens with zero attached hydrogens (tertiary/aromatic N) is 4. The van der Waals surface area contributed by atoms with Gasteiger partial charge in [0.25, 0.3) is 5.91 Å². The van der Waals surface area contributed by atoms with E-state index < -0.39 is 0 Å². The number of piperidine rings is 1. The molecule has 1 amide bonds. The number of hydrogen-bond donors (Lipinski definition) is 1. The van der Waals surface area contributed by atoms with E-state index >= 15 is 0 Å². The second-order valence-electron chi connectivity index (χ2n) is 8.68. The van der Waals surface area contributed by atoms with Crippen molar-refractivity contribution in [2.75, 3.05) is 33.8 Å². The fourth-order valence-corrected chi connectivity index (χ4v) is 5.38. The number of hydrogen-bond acceptors (Lipinski definition) is 4. The van der Waals surface area contributed by atoms with Crippen LogP contribution in [-0.4, -0.2) is 64.3 Å². The van der Waals surface area contributed by atoms with Crippen LogP contribution in [-0.2, 0) is 19.0 Å². The van der Waals surface area contributed by atoms with Crippen LogP contribution in [0.15, 0.2) is 24.3 Å². The van der Waals surface area contributed by atoms with Crippen molar-refractivity contribution in [3.8, 4) is 5.75 Å². The van der Waals surface area contributed by atoms with Crippen LogP contribution < -0.4 is 4.74 Å². The third-order valence-electron chi connectivity index (χ3n) is 7.11. The highest BCUT2D eigenvalue weighted by molar-refractivity contribution is 5.93. The summed E-state index contributed by atoms with van der Waals surface area (Å²) in [5, 5.41) is 5.60. The number of H-pyrrole nitrogens is 1. The van der Waals surface area contributed by atoms with Crippen LogP contribution in [0.5, 0.6) is 5.75 Å². The predicted molar refractivity (Wildman–Crippen MR) is 116 cm³/mol. The highest BCUT2D eigenvalue weighted by atomic mass is 16.5. The Morgan fingerprint density at radius 3 is 2.60 bits per heavy atom. The van der Waals surface area contributed by atoms with Gasteiger partial charge >= 0.3 is 0 Å². The minimum absolute atomic E-state index is 0.0566. The molecule has 0 saturated carbocycles. The molecular weight excluding hydrogens is 378 g/mol. The van der Waals surface area contributed by atoms with Crippen LogP contribution in [0.3, 0.4) is 0 Å². The third-order valence-corrected chi connectivity index (χ3v) is 7.11. The number of carbonyl (C=O) groups is 1. The second-order valence-corrected chi connectivity index (χ2v) is 8.68. The number of rotatable bonds is 2. The van der Waals surface area contributed by atoms with Crippen molar-refractivity contribution in [3.63, 3.8) is 0 Å². The summed E-state index contributed by atoms with van der Waals surface area (Å²) in [6, 6.07) is 8.15. The minimum Gasteiger partial charge on any atom is -0.497 e.